The lowest BCUT2D eigenvalue weighted by atomic mass is 9.96. The molecule has 2 aliphatic heterocycles. The average molecular weight is 376 g/mol. The van der Waals surface area contributed by atoms with Crippen LogP contribution in [0.3, 0.4) is 0 Å². The molecule has 0 unspecified atom stereocenters. The summed E-state index contributed by atoms with van der Waals surface area (Å²) < 4.78 is 5.48. The molecule has 0 radical (unpaired) electrons. The molecule has 0 bridgehead atoms. The van der Waals surface area contributed by atoms with Crippen molar-refractivity contribution in [2.24, 2.45) is 11.8 Å². The van der Waals surface area contributed by atoms with Gasteiger partial charge in [0.1, 0.15) is 5.82 Å². The van der Waals surface area contributed by atoms with Crippen LogP contribution < -0.4 is 9.80 Å². The molecule has 0 saturated carbocycles. The first-order valence-electron chi connectivity index (χ1n) is 10.4. The van der Waals surface area contributed by atoms with Crippen molar-refractivity contribution in [1.82, 2.24) is 14.9 Å². The normalized spacial score (nSPS) is 26.3. The summed E-state index contributed by atoms with van der Waals surface area (Å²) in [5.74, 6) is 2.71. The molecule has 27 heavy (non-hydrogen) atoms. The van der Waals surface area contributed by atoms with E-state index in [1.807, 2.05) is 19.0 Å². The molecule has 2 saturated heterocycles. The van der Waals surface area contributed by atoms with Crippen molar-refractivity contribution < 1.29 is 9.84 Å². The number of fused-ring (bicyclic) bond motifs is 1. The Morgan fingerprint density at radius 3 is 2.56 bits per heavy atom. The Balaban J connectivity index is 1.56. The summed E-state index contributed by atoms with van der Waals surface area (Å²) in [4.78, 5) is 16.7. The minimum atomic E-state index is 0.249. The van der Waals surface area contributed by atoms with Crippen LogP contribution in [0.4, 0.5) is 11.8 Å². The number of aryl methyl sites for hydroxylation is 1. The molecule has 1 N–H and O–H groups in total. The van der Waals surface area contributed by atoms with Crippen molar-refractivity contribution in [2.75, 3.05) is 76.4 Å². The predicted octanol–water partition coefficient (Wildman–Crippen LogP) is 0.798. The molecule has 0 spiro atoms. The highest BCUT2D eigenvalue weighted by atomic mass is 16.5. The third-order valence-electron chi connectivity index (χ3n) is 6.26. The Hall–Kier alpha value is -1.44. The number of morpholine rings is 1. The Morgan fingerprint density at radius 1 is 1.07 bits per heavy atom. The zero-order valence-electron chi connectivity index (χ0n) is 16.7. The van der Waals surface area contributed by atoms with Crippen LogP contribution in [0.5, 0.6) is 0 Å². The highest BCUT2D eigenvalue weighted by Crippen LogP contribution is 2.34. The maximum Gasteiger partial charge on any atom is 0.227 e. The maximum atomic E-state index is 10.0. The molecule has 1 aliphatic carbocycles. The van der Waals surface area contributed by atoms with Gasteiger partial charge in [-0.1, -0.05) is 0 Å². The molecule has 150 valence electrons. The van der Waals surface area contributed by atoms with Crippen LogP contribution in [-0.2, 0) is 17.6 Å². The monoisotopic (exact) mass is 375 g/mol. The van der Waals surface area contributed by atoms with Gasteiger partial charge in [-0.3, -0.25) is 4.90 Å². The smallest absolute Gasteiger partial charge is 0.227 e. The van der Waals surface area contributed by atoms with E-state index in [4.69, 9.17) is 14.7 Å². The molecule has 4 rings (SSSR count). The molecule has 2 fully saturated rings. The van der Waals surface area contributed by atoms with Crippen molar-refractivity contribution >= 4 is 11.8 Å². The third-order valence-corrected chi connectivity index (χ3v) is 6.26. The van der Waals surface area contributed by atoms with Crippen LogP contribution >= 0.6 is 0 Å². The molecule has 2 atom stereocenters. The molecule has 7 nitrogen and oxygen atoms in total. The van der Waals surface area contributed by atoms with E-state index in [0.29, 0.717) is 11.8 Å². The van der Waals surface area contributed by atoms with Gasteiger partial charge >= 0.3 is 0 Å². The Bertz CT molecular complexity index is 648. The van der Waals surface area contributed by atoms with Crippen molar-refractivity contribution in [3.05, 3.63) is 11.3 Å². The number of ether oxygens (including phenoxy) is 1. The zero-order valence-corrected chi connectivity index (χ0v) is 16.7. The van der Waals surface area contributed by atoms with Gasteiger partial charge in [0.15, 0.2) is 0 Å². The number of aliphatic hydroxyl groups is 1. The summed E-state index contributed by atoms with van der Waals surface area (Å²) in [5, 5.41) is 10.0. The van der Waals surface area contributed by atoms with Crippen molar-refractivity contribution in [1.29, 1.82) is 0 Å². The number of rotatable bonds is 5. The number of hydrogen-bond acceptors (Lipinski definition) is 7. The van der Waals surface area contributed by atoms with Crippen LogP contribution in [0.1, 0.15) is 24.1 Å². The summed E-state index contributed by atoms with van der Waals surface area (Å²) in [6.45, 7) is 6.81. The predicted molar refractivity (Wildman–Crippen MR) is 107 cm³/mol. The van der Waals surface area contributed by atoms with Gasteiger partial charge in [0.05, 0.1) is 18.9 Å². The number of anilines is 2. The van der Waals surface area contributed by atoms with E-state index in [2.05, 4.69) is 9.80 Å². The average Bonchev–Trinajstić information content (AvgIpc) is 3.10. The van der Waals surface area contributed by atoms with E-state index in [0.717, 1.165) is 70.5 Å². The largest absolute Gasteiger partial charge is 0.396 e. The maximum absolute atomic E-state index is 10.0. The van der Waals surface area contributed by atoms with E-state index in [1.165, 1.54) is 24.1 Å². The lowest BCUT2D eigenvalue weighted by molar-refractivity contribution is 0.0268. The second kappa shape index (κ2) is 8.29. The third kappa shape index (κ3) is 4.05. The van der Waals surface area contributed by atoms with Gasteiger partial charge < -0.3 is 19.6 Å². The van der Waals surface area contributed by atoms with Gasteiger partial charge in [0.25, 0.3) is 0 Å². The fourth-order valence-corrected chi connectivity index (χ4v) is 4.66. The molecule has 3 aliphatic rings. The van der Waals surface area contributed by atoms with Gasteiger partial charge in [-0.25, -0.2) is 4.98 Å². The number of aliphatic hydroxyl groups excluding tert-OH is 1. The quantitative estimate of drug-likeness (QED) is 0.817. The molecule has 1 aromatic heterocycles. The topological polar surface area (TPSA) is 65.0 Å². The second-order valence-electron chi connectivity index (χ2n) is 8.39. The van der Waals surface area contributed by atoms with Gasteiger partial charge in [0.2, 0.25) is 5.95 Å². The second-order valence-corrected chi connectivity index (χ2v) is 8.39. The minimum absolute atomic E-state index is 0.249. The van der Waals surface area contributed by atoms with Gasteiger partial charge in [0, 0.05) is 64.9 Å². The van der Waals surface area contributed by atoms with Crippen LogP contribution in [-0.4, -0.2) is 86.6 Å². The summed E-state index contributed by atoms with van der Waals surface area (Å²) >= 11 is 0. The summed E-state index contributed by atoms with van der Waals surface area (Å²) in [6, 6.07) is 0. The Kier molecular flexibility index (Phi) is 5.80. The molecule has 0 aromatic carbocycles. The molecule has 1 aromatic rings. The summed E-state index contributed by atoms with van der Waals surface area (Å²) in [7, 11) is 4.02. The minimum Gasteiger partial charge on any atom is -0.396 e. The van der Waals surface area contributed by atoms with Gasteiger partial charge in [-0.15, -0.1) is 0 Å². The molecular weight excluding hydrogens is 342 g/mol. The number of hydrogen-bond donors (Lipinski definition) is 1. The first-order valence-corrected chi connectivity index (χ1v) is 10.4. The van der Waals surface area contributed by atoms with E-state index < -0.39 is 0 Å². The lowest BCUT2D eigenvalue weighted by Crippen LogP contribution is -2.41. The summed E-state index contributed by atoms with van der Waals surface area (Å²) in [5.41, 5.74) is 2.57. The fourth-order valence-electron chi connectivity index (χ4n) is 4.66. The van der Waals surface area contributed by atoms with Crippen molar-refractivity contribution in [3.63, 3.8) is 0 Å². The van der Waals surface area contributed by atoms with E-state index >= 15 is 0 Å². The van der Waals surface area contributed by atoms with Crippen LogP contribution in [0, 0.1) is 11.8 Å². The fraction of sp³-hybridized carbons (Fsp3) is 0.800. The Labute approximate surface area is 162 Å². The van der Waals surface area contributed by atoms with Crippen molar-refractivity contribution in [3.8, 4) is 0 Å². The van der Waals surface area contributed by atoms with E-state index in [-0.39, 0.29) is 6.61 Å². The van der Waals surface area contributed by atoms with Crippen molar-refractivity contribution in [2.45, 2.75) is 25.7 Å². The van der Waals surface area contributed by atoms with Gasteiger partial charge in [-0.05, 0) is 31.6 Å². The first-order chi connectivity index (χ1) is 13.2. The van der Waals surface area contributed by atoms with Crippen LogP contribution in [0.25, 0.3) is 0 Å². The molecule has 0 amide bonds. The number of aromatic nitrogens is 2. The zero-order chi connectivity index (χ0) is 18.8. The standard InChI is InChI=1S/C20H33N5O2/c1-23(2)20-21-18-6-4-3-5-17(18)19(22-20)25-12-15(16(13-25)14-26)11-24-7-9-27-10-8-24/h15-16,26H,3-14H2,1-2H3/t15-,16-/m1/s1. The van der Waals surface area contributed by atoms with Crippen LogP contribution in [0.2, 0.25) is 0 Å². The van der Waals surface area contributed by atoms with E-state index in [9.17, 15) is 5.11 Å². The highest BCUT2D eigenvalue weighted by molar-refractivity contribution is 5.55. The highest BCUT2D eigenvalue weighted by Gasteiger charge is 2.36. The summed E-state index contributed by atoms with van der Waals surface area (Å²) in [6.07, 6.45) is 4.57. The molecule has 3 heterocycles. The number of nitrogens with zero attached hydrogens (tertiary/aromatic N) is 5. The van der Waals surface area contributed by atoms with E-state index in [1.54, 1.807) is 0 Å². The SMILES string of the molecule is CN(C)c1nc2c(c(N3C[C@@H](CN4CCOCC4)[C@@H](CO)C3)n1)CCCC2. The van der Waals surface area contributed by atoms with Gasteiger partial charge in [-0.2, -0.15) is 4.98 Å². The first kappa shape index (κ1) is 18.9. The lowest BCUT2D eigenvalue weighted by Gasteiger charge is -2.30. The molecule has 7 heteroatoms. The Morgan fingerprint density at radius 2 is 1.81 bits per heavy atom. The molecular formula is C20H33N5O2. The van der Waals surface area contributed by atoms with Crippen LogP contribution in [0.15, 0.2) is 0 Å².